The van der Waals surface area contributed by atoms with Crippen molar-refractivity contribution in [1.29, 1.82) is 0 Å². The summed E-state index contributed by atoms with van der Waals surface area (Å²) in [5.41, 5.74) is 4.76. The van der Waals surface area contributed by atoms with E-state index >= 15 is 0 Å². The number of ketones is 1. The molecule has 0 saturated heterocycles. The quantitative estimate of drug-likeness (QED) is 0.240. The maximum atomic E-state index is 10.0. The van der Waals surface area contributed by atoms with Crippen LogP contribution < -0.4 is 0 Å². The number of aromatic nitrogens is 1. The average molecular weight is 553 g/mol. The molecule has 4 heteroatoms. The number of pyridine rings is 1. The van der Waals surface area contributed by atoms with Crippen LogP contribution in [0.5, 0.6) is 0 Å². The number of aliphatic hydroxyl groups excluding tert-OH is 1. The SMILES string of the molecule is CC(=O)/C=C(/C)O.CC(C)(C)c1cc[c-]c(-c2cccc3cccnc23)c1.[Ir]. The minimum absolute atomic E-state index is 0. The van der Waals surface area contributed by atoms with E-state index in [1.165, 1.54) is 30.9 Å². The van der Waals surface area contributed by atoms with Crippen molar-refractivity contribution in [2.75, 3.05) is 0 Å². The normalized spacial score (nSPS) is 11.2. The van der Waals surface area contributed by atoms with E-state index in [2.05, 4.69) is 68.2 Å². The van der Waals surface area contributed by atoms with Gasteiger partial charge in [-0.05, 0) is 30.7 Å². The molecule has 2 aromatic carbocycles. The molecule has 0 aliphatic heterocycles. The van der Waals surface area contributed by atoms with E-state index in [9.17, 15) is 4.79 Å². The monoisotopic (exact) mass is 553 g/mol. The number of fused-ring (bicyclic) bond motifs is 1. The number of carbonyl (C=O) groups is 1. The molecule has 0 aliphatic rings. The van der Waals surface area contributed by atoms with Crippen molar-refractivity contribution in [1.82, 2.24) is 4.98 Å². The topological polar surface area (TPSA) is 50.2 Å². The summed E-state index contributed by atoms with van der Waals surface area (Å²) in [6, 6.07) is 20.1. The van der Waals surface area contributed by atoms with Gasteiger partial charge in [0.25, 0.3) is 0 Å². The number of hydrogen-bond acceptors (Lipinski definition) is 3. The first kappa shape index (κ1) is 23.7. The molecule has 3 rings (SSSR count). The third kappa shape index (κ3) is 6.70. The van der Waals surface area contributed by atoms with Crippen LogP contribution in [-0.2, 0) is 30.3 Å². The van der Waals surface area contributed by atoms with Gasteiger partial charge in [-0.15, -0.1) is 35.4 Å². The fourth-order valence-corrected chi connectivity index (χ4v) is 2.70. The van der Waals surface area contributed by atoms with Crippen molar-refractivity contribution in [3.63, 3.8) is 0 Å². The fraction of sp³-hybridized carbons (Fsp3) is 0.250. The Morgan fingerprint density at radius 1 is 1.11 bits per heavy atom. The first-order valence-electron chi connectivity index (χ1n) is 8.92. The first-order valence-corrected chi connectivity index (χ1v) is 8.92. The summed E-state index contributed by atoms with van der Waals surface area (Å²) >= 11 is 0. The van der Waals surface area contributed by atoms with Gasteiger partial charge in [-0.2, -0.15) is 0 Å². The number of aliphatic hydroxyl groups is 1. The van der Waals surface area contributed by atoms with Gasteiger partial charge in [0.15, 0.2) is 5.78 Å². The zero-order valence-corrected chi connectivity index (χ0v) is 19.3. The van der Waals surface area contributed by atoms with E-state index in [1.807, 2.05) is 18.3 Å². The van der Waals surface area contributed by atoms with Crippen LogP contribution in [-0.4, -0.2) is 15.9 Å². The molecule has 28 heavy (non-hydrogen) atoms. The van der Waals surface area contributed by atoms with Gasteiger partial charge < -0.3 is 5.11 Å². The number of allylic oxidation sites excluding steroid dienone is 2. The van der Waals surface area contributed by atoms with E-state index in [-0.39, 0.29) is 37.1 Å². The molecule has 0 amide bonds. The van der Waals surface area contributed by atoms with Crippen molar-refractivity contribution in [2.45, 2.75) is 40.0 Å². The molecular formula is C24H26IrNO2-. The average Bonchev–Trinajstić information content (AvgIpc) is 2.60. The fourth-order valence-electron chi connectivity index (χ4n) is 2.70. The number of carbonyl (C=O) groups excluding carboxylic acids is 1. The van der Waals surface area contributed by atoms with Crippen molar-refractivity contribution >= 4 is 16.7 Å². The van der Waals surface area contributed by atoms with Gasteiger partial charge in [-0.1, -0.05) is 50.6 Å². The summed E-state index contributed by atoms with van der Waals surface area (Å²) in [6.07, 6.45) is 3.01. The van der Waals surface area contributed by atoms with Crippen molar-refractivity contribution in [3.05, 3.63) is 78.2 Å². The molecule has 1 radical (unpaired) electrons. The predicted molar refractivity (Wildman–Crippen MR) is 112 cm³/mol. The number of nitrogens with zero attached hydrogens (tertiary/aromatic N) is 1. The Balaban J connectivity index is 0.000000425. The molecular weight excluding hydrogens is 526 g/mol. The maximum absolute atomic E-state index is 10.0. The van der Waals surface area contributed by atoms with Gasteiger partial charge in [-0.25, -0.2) is 0 Å². The van der Waals surface area contributed by atoms with Crippen LogP contribution >= 0.6 is 0 Å². The molecule has 1 N–H and O–H groups in total. The maximum Gasteiger partial charge on any atom is 0.155 e. The van der Waals surface area contributed by atoms with Gasteiger partial charge in [0.2, 0.25) is 0 Å². The van der Waals surface area contributed by atoms with Crippen LogP contribution in [0, 0.1) is 6.07 Å². The molecule has 0 bridgehead atoms. The van der Waals surface area contributed by atoms with E-state index < -0.39 is 0 Å². The first-order chi connectivity index (χ1) is 12.7. The van der Waals surface area contributed by atoms with Gasteiger partial charge in [0, 0.05) is 37.9 Å². The number of hydrogen-bond donors (Lipinski definition) is 1. The van der Waals surface area contributed by atoms with Crippen molar-refractivity contribution < 1.29 is 30.0 Å². The minimum atomic E-state index is -0.125. The molecule has 3 aromatic rings. The van der Waals surface area contributed by atoms with Crippen LogP contribution in [0.3, 0.4) is 0 Å². The van der Waals surface area contributed by atoms with E-state index in [0.29, 0.717) is 0 Å². The van der Waals surface area contributed by atoms with Crippen molar-refractivity contribution in [2.24, 2.45) is 0 Å². The van der Waals surface area contributed by atoms with Crippen molar-refractivity contribution in [3.8, 4) is 11.1 Å². The van der Waals surface area contributed by atoms with Gasteiger partial charge >= 0.3 is 0 Å². The summed E-state index contributed by atoms with van der Waals surface area (Å²) in [5, 5.41) is 9.53. The summed E-state index contributed by atoms with van der Waals surface area (Å²) in [7, 11) is 0. The standard InChI is InChI=1S/C19H18N.C5H8O2.Ir/c1-19(2,3)16-10-4-8-15(13-16)17-11-5-7-14-9-6-12-20-18(14)17;1-4(6)3-5(2)7;/h4-7,9-13H,1-3H3;3,6H,1-2H3;/q-1;;/b;4-3-;. The number of rotatable bonds is 2. The largest absolute Gasteiger partial charge is 0.512 e. The van der Waals surface area contributed by atoms with E-state index in [0.717, 1.165) is 16.6 Å². The zero-order chi connectivity index (χ0) is 20.0. The van der Waals surface area contributed by atoms with E-state index in [1.54, 1.807) is 0 Å². The number of para-hydroxylation sites is 1. The molecule has 3 nitrogen and oxygen atoms in total. The second kappa shape index (κ2) is 10.3. The molecule has 0 saturated carbocycles. The molecule has 0 spiro atoms. The number of benzene rings is 2. The van der Waals surface area contributed by atoms with Crippen LogP contribution in [0.15, 0.2) is 66.6 Å². The second-order valence-electron chi connectivity index (χ2n) is 7.52. The van der Waals surface area contributed by atoms with Crippen LogP contribution in [0.4, 0.5) is 0 Å². The van der Waals surface area contributed by atoms with E-state index in [4.69, 9.17) is 5.11 Å². The van der Waals surface area contributed by atoms with Crippen LogP contribution in [0.25, 0.3) is 22.0 Å². The predicted octanol–water partition coefficient (Wildman–Crippen LogP) is 6.03. The van der Waals surface area contributed by atoms with Crippen LogP contribution in [0.1, 0.15) is 40.2 Å². The smallest absolute Gasteiger partial charge is 0.155 e. The minimum Gasteiger partial charge on any atom is -0.512 e. The summed E-state index contributed by atoms with van der Waals surface area (Å²) in [6.45, 7) is 9.54. The third-order valence-electron chi connectivity index (χ3n) is 4.00. The molecule has 149 valence electrons. The Hall–Kier alpha value is -2.29. The Bertz CT molecular complexity index is 962. The molecule has 0 aliphatic carbocycles. The molecule has 0 atom stereocenters. The Kier molecular flexibility index (Phi) is 8.74. The third-order valence-corrected chi connectivity index (χ3v) is 4.00. The molecule has 0 unspecified atom stereocenters. The molecule has 1 aromatic heterocycles. The second-order valence-corrected chi connectivity index (χ2v) is 7.52. The summed E-state index contributed by atoms with van der Waals surface area (Å²) < 4.78 is 0. The zero-order valence-electron chi connectivity index (χ0n) is 16.9. The van der Waals surface area contributed by atoms with Gasteiger partial charge in [0.1, 0.15) is 0 Å². The van der Waals surface area contributed by atoms with Gasteiger partial charge in [-0.3, -0.25) is 9.78 Å². The van der Waals surface area contributed by atoms with Gasteiger partial charge in [0.05, 0.1) is 5.76 Å². The summed E-state index contributed by atoms with van der Waals surface area (Å²) in [5.74, 6) is -0.0625. The Morgan fingerprint density at radius 2 is 1.79 bits per heavy atom. The molecule has 0 fully saturated rings. The Morgan fingerprint density at radius 3 is 2.36 bits per heavy atom. The molecule has 1 heterocycles. The summed E-state index contributed by atoms with van der Waals surface area (Å²) in [4.78, 5) is 14.5. The Labute approximate surface area is 180 Å². The van der Waals surface area contributed by atoms with Crippen LogP contribution in [0.2, 0.25) is 0 Å².